The molecule has 1 saturated heterocycles. The molecule has 1 rings (SSSR count). The van der Waals surface area contributed by atoms with Crippen LogP contribution in [0.25, 0.3) is 0 Å². The number of urea groups is 1. The molecule has 1 aliphatic heterocycles. The van der Waals surface area contributed by atoms with Crippen molar-refractivity contribution in [3.63, 3.8) is 0 Å². The molecule has 1 heterocycles. The molecule has 0 aromatic rings. The van der Waals surface area contributed by atoms with Crippen molar-refractivity contribution < 1.29 is 19.5 Å². The molecule has 18 heavy (non-hydrogen) atoms. The second-order valence-corrected chi connectivity index (χ2v) is 4.30. The van der Waals surface area contributed by atoms with Gasteiger partial charge in [0, 0.05) is 26.1 Å². The SMILES string of the molecule is CC(NC(=O)NCCC(=O)N1CCCC1)C(=O)O. The van der Waals surface area contributed by atoms with Crippen LogP contribution in [-0.2, 0) is 9.59 Å². The summed E-state index contributed by atoms with van der Waals surface area (Å²) >= 11 is 0. The molecule has 0 aromatic heterocycles. The molecule has 1 aliphatic rings. The molecule has 0 aliphatic carbocycles. The van der Waals surface area contributed by atoms with Crippen LogP contribution in [0.3, 0.4) is 0 Å². The first-order valence-electron chi connectivity index (χ1n) is 6.05. The highest BCUT2D eigenvalue weighted by molar-refractivity contribution is 5.82. The van der Waals surface area contributed by atoms with Crippen molar-refractivity contribution in [2.24, 2.45) is 0 Å². The summed E-state index contributed by atoms with van der Waals surface area (Å²) in [5.74, 6) is -1.07. The second-order valence-electron chi connectivity index (χ2n) is 4.30. The highest BCUT2D eigenvalue weighted by Crippen LogP contribution is 2.08. The maximum atomic E-state index is 11.6. The Morgan fingerprint density at radius 1 is 1.28 bits per heavy atom. The number of carbonyl (C=O) groups excluding carboxylic acids is 2. The monoisotopic (exact) mass is 257 g/mol. The Balaban J connectivity index is 2.15. The lowest BCUT2D eigenvalue weighted by molar-refractivity contribution is -0.138. The van der Waals surface area contributed by atoms with Crippen molar-refractivity contribution in [2.45, 2.75) is 32.2 Å². The van der Waals surface area contributed by atoms with E-state index in [1.54, 1.807) is 4.90 Å². The van der Waals surface area contributed by atoms with Crippen LogP contribution in [0.5, 0.6) is 0 Å². The molecule has 3 N–H and O–H groups in total. The molecule has 1 atom stereocenters. The minimum Gasteiger partial charge on any atom is -0.480 e. The number of carboxylic acids is 1. The van der Waals surface area contributed by atoms with Gasteiger partial charge in [-0.15, -0.1) is 0 Å². The van der Waals surface area contributed by atoms with Crippen LogP contribution in [0, 0.1) is 0 Å². The molecule has 0 radical (unpaired) electrons. The standard InChI is InChI=1S/C11H19N3O4/c1-8(10(16)17)13-11(18)12-5-4-9(15)14-6-2-3-7-14/h8H,2-7H2,1H3,(H,16,17)(H2,12,13,18). The molecular formula is C11H19N3O4. The Hall–Kier alpha value is -1.79. The van der Waals surface area contributed by atoms with Crippen LogP contribution in [-0.4, -0.2) is 53.6 Å². The zero-order valence-electron chi connectivity index (χ0n) is 10.4. The van der Waals surface area contributed by atoms with Crippen LogP contribution in [0.4, 0.5) is 4.79 Å². The van der Waals surface area contributed by atoms with Crippen molar-refractivity contribution >= 4 is 17.9 Å². The number of hydrogen-bond donors (Lipinski definition) is 3. The zero-order chi connectivity index (χ0) is 13.5. The van der Waals surface area contributed by atoms with Crippen LogP contribution < -0.4 is 10.6 Å². The fourth-order valence-corrected chi connectivity index (χ4v) is 1.72. The summed E-state index contributed by atoms with van der Waals surface area (Å²) in [6.45, 7) is 3.17. The van der Waals surface area contributed by atoms with Gasteiger partial charge in [0.25, 0.3) is 0 Å². The molecule has 0 saturated carbocycles. The smallest absolute Gasteiger partial charge is 0.325 e. The molecule has 1 fully saturated rings. The minimum atomic E-state index is -1.10. The van der Waals surface area contributed by atoms with Gasteiger partial charge in [-0.05, 0) is 19.8 Å². The summed E-state index contributed by atoms with van der Waals surface area (Å²) in [5, 5.41) is 13.3. The van der Waals surface area contributed by atoms with E-state index in [0.29, 0.717) is 0 Å². The Morgan fingerprint density at radius 2 is 1.89 bits per heavy atom. The molecule has 7 nitrogen and oxygen atoms in total. The van der Waals surface area contributed by atoms with Crippen molar-refractivity contribution in [3.8, 4) is 0 Å². The molecule has 0 spiro atoms. The van der Waals surface area contributed by atoms with Gasteiger partial charge >= 0.3 is 12.0 Å². The van der Waals surface area contributed by atoms with Gasteiger partial charge in [0.05, 0.1) is 0 Å². The van der Waals surface area contributed by atoms with E-state index in [-0.39, 0.29) is 18.9 Å². The normalized spacial score (nSPS) is 16.2. The van der Waals surface area contributed by atoms with Gasteiger partial charge < -0.3 is 20.6 Å². The third-order valence-electron chi connectivity index (χ3n) is 2.80. The molecular weight excluding hydrogens is 238 g/mol. The first kappa shape index (κ1) is 14.3. The number of amides is 3. The first-order chi connectivity index (χ1) is 8.50. The average molecular weight is 257 g/mol. The molecule has 3 amide bonds. The van der Waals surface area contributed by atoms with Gasteiger partial charge in [0.1, 0.15) is 6.04 Å². The number of aliphatic carboxylic acids is 1. The first-order valence-corrected chi connectivity index (χ1v) is 6.05. The van der Waals surface area contributed by atoms with Gasteiger partial charge in [-0.2, -0.15) is 0 Å². The predicted molar refractivity (Wildman–Crippen MR) is 64.1 cm³/mol. The van der Waals surface area contributed by atoms with E-state index in [9.17, 15) is 14.4 Å². The number of rotatable bonds is 5. The Bertz CT molecular complexity index is 326. The summed E-state index contributed by atoms with van der Waals surface area (Å²) in [5.41, 5.74) is 0. The summed E-state index contributed by atoms with van der Waals surface area (Å²) < 4.78 is 0. The average Bonchev–Trinajstić information content (AvgIpc) is 2.81. The van der Waals surface area contributed by atoms with Gasteiger partial charge in [-0.3, -0.25) is 9.59 Å². The third kappa shape index (κ3) is 4.60. The van der Waals surface area contributed by atoms with E-state index < -0.39 is 18.0 Å². The quantitative estimate of drug-likeness (QED) is 0.633. The lowest BCUT2D eigenvalue weighted by atomic mass is 10.3. The molecule has 102 valence electrons. The van der Waals surface area contributed by atoms with Crippen molar-refractivity contribution in [2.75, 3.05) is 19.6 Å². The zero-order valence-corrected chi connectivity index (χ0v) is 10.4. The third-order valence-corrected chi connectivity index (χ3v) is 2.80. The number of carboxylic acid groups (broad SMARTS) is 1. The van der Waals surface area contributed by atoms with Gasteiger partial charge in [0.2, 0.25) is 5.91 Å². The van der Waals surface area contributed by atoms with E-state index >= 15 is 0 Å². The van der Waals surface area contributed by atoms with Crippen LogP contribution >= 0.6 is 0 Å². The molecule has 7 heteroatoms. The lowest BCUT2D eigenvalue weighted by Gasteiger charge is -2.15. The maximum absolute atomic E-state index is 11.6. The number of carbonyl (C=O) groups is 3. The highest BCUT2D eigenvalue weighted by atomic mass is 16.4. The fourth-order valence-electron chi connectivity index (χ4n) is 1.72. The van der Waals surface area contributed by atoms with Crippen LogP contribution in [0.2, 0.25) is 0 Å². The molecule has 0 bridgehead atoms. The van der Waals surface area contributed by atoms with Crippen molar-refractivity contribution in [3.05, 3.63) is 0 Å². The largest absolute Gasteiger partial charge is 0.480 e. The molecule has 0 aromatic carbocycles. The number of nitrogens with zero attached hydrogens (tertiary/aromatic N) is 1. The predicted octanol–water partition coefficient (Wildman–Crippen LogP) is -0.229. The van der Waals surface area contributed by atoms with E-state index in [1.165, 1.54) is 6.92 Å². The summed E-state index contributed by atoms with van der Waals surface area (Å²) in [6.07, 6.45) is 2.32. The van der Waals surface area contributed by atoms with Gasteiger partial charge in [-0.25, -0.2) is 4.79 Å². The fraction of sp³-hybridized carbons (Fsp3) is 0.727. The van der Waals surface area contributed by atoms with E-state index in [2.05, 4.69) is 10.6 Å². The van der Waals surface area contributed by atoms with Crippen LogP contribution in [0.15, 0.2) is 0 Å². The van der Waals surface area contributed by atoms with E-state index in [1.807, 2.05) is 0 Å². The number of likely N-dealkylation sites (tertiary alicyclic amines) is 1. The van der Waals surface area contributed by atoms with E-state index in [4.69, 9.17) is 5.11 Å². The highest BCUT2D eigenvalue weighted by Gasteiger charge is 2.18. The number of nitrogens with one attached hydrogen (secondary N) is 2. The Morgan fingerprint density at radius 3 is 2.44 bits per heavy atom. The Labute approximate surface area is 106 Å². The van der Waals surface area contributed by atoms with Crippen LogP contribution in [0.1, 0.15) is 26.2 Å². The van der Waals surface area contributed by atoms with Gasteiger partial charge in [0.15, 0.2) is 0 Å². The van der Waals surface area contributed by atoms with Gasteiger partial charge in [-0.1, -0.05) is 0 Å². The lowest BCUT2D eigenvalue weighted by Crippen LogP contribution is -2.45. The van der Waals surface area contributed by atoms with E-state index in [0.717, 1.165) is 25.9 Å². The topological polar surface area (TPSA) is 98.7 Å². The summed E-state index contributed by atoms with van der Waals surface area (Å²) in [6, 6.07) is -1.52. The molecule has 1 unspecified atom stereocenters. The van der Waals surface area contributed by atoms with Crippen molar-refractivity contribution in [1.82, 2.24) is 15.5 Å². The number of hydrogen-bond acceptors (Lipinski definition) is 3. The second kappa shape index (κ2) is 6.83. The van der Waals surface area contributed by atoms with Crippen molar-refractivity contribution in [1.29, 1.82) is 0 Å². The summed E-state index contributed by atoms with van der Waals surface area (Å²) in [4.78, 5) is 35.1. The summed E-state index contributed by atoms with van der Waals surface area (Å²) in [7, 11) is 0. The minimum absolute atomic E-state index is 0.0269. The Kier molecular flexibility index (Phi) is 5.41. The maximum Gasteiger partial charge on any atom is 0.325 e.